The van der Waals surface area contributed by atoms with E-state index in [0.717, 1.165) is 18.5 Å². The Hall–Kier alpha value is -2.01. The van der Waals surface area contributed by atoms with E-state index >= 15 is 0 Å². The number of nitrogens with zero attached hydrogens (tertiary/aromatic N) is 2. The van der Waals surface area contributed by atoms with Crippen LogP contribution in [0.25, 0.3) is 0 Å². The third-order valence-electron chi connectivity index (χ3n) is 3.06. The monoisotopic (exact) mass is 275 g/mol. The SMILES string of the molecule is CCCNC(c1ccncc1F)c1ccncc1OC. The third-order valence-corrected chi connectivity index (χ3v) is 3.06. The van der Waals surface area contributed by atoms with Crippen LogP contribution in [0.15, 0.2) is 36.9 Å². The summed E-state index contributed by atoms with van der Waals surface area (Å²) in [7, 11) is 1.58. The quantitative estimate of drug-likeness (QED) is 0.880. The lowest BCUT2D eigenvalue weighted by atomic mass is 9.99. The molecule has 0 bridgehead atoms. The summed E-state index contributed by atoms with van der Waals surface area (Å²) in [4.78, 5) is 7.83. The second-order valence-electron chi connectivity index (χ2n) is 4.40. The lowest BCUT2D eigenvalue weighted by molar-refractivity contribution is 0.400. The van der Waals surface area contributed by atoms with Crippen molar-refractivity contribution in [3.05, 3.63) is 53.9 Å². The summed E-state index contributed by atoms with van der Waals surface area (Å²) in [6, 6.07) is 3.24. The topological polar surface area (TPSA) is 47.0 Å². The molecule has 0 saturated carbocycles. The maximum absolute atomic E-state index is 14.0. The van der Waals surface area contributed by atoms with Crippen molar-refractivity contribution in [3.8, 4) is 5.75 Å². The molecular formula is C15H18FN3O. The maximum atomic E-state index is 14.0. The smallest absolute Gasteiger partial charge is 0.146 e. The van der Waals surface area contributed by atoms with Crippen molar-refractivity contribution >= 4 is 0 Å². The number of nitrogens with one attached hydrogen (secondary N) is 1. The van der Waals surface area contributed by atoms with Crippen molar-refractivity contribution in [2.75, 3.05) is 13.7 Å². The number of pyridine rings is 2. The maximum Gasteiger partial charge on any atom is 0.146 e. The van der Waals surface area contributed by atoms with Gasteiger partial charge in [-0.15, -0.1) is 0 Å². The Kier molecular flexibility index (Phi) is 5.01. The van der Waals surface area contributed by atoms with Crippen LogP contribution in [0.3, 0.4) is 0 Å². The average Bonchev–Trinajstić information content (AvgIpc) is 2.49. The summed E-state index contributed by atoms with van der Waals surface area (Å²) in [5.74, 6) is 0.303. The molecule has 0 fully saturated rings. The van der Waals surface area contributed by atoms with Gasteiger partial charge in [-0.05, 0) is 25.1 Å². The largest absolute Gasteiger partial charge is 0.495 e. The van der Waals surface area contributed by atoms with E-state index in [1.54, 1.807) is 31.8 Å². The van der Waals surface area contributed by atoms with Crippen molar-refractivity contribution in [1.82, 2.24) is 15.3 Å². The molecule has 1 atom stereocenters. The standard InChI is InChI=1S/C15H18FN3O/c1-3-6-19-15(11-4-7-17-9-13(11)16)12-5-8-18-10-14(12)20-2/h4-5,7-10,15,19H,3,6H2,1-2H3. The molecule has 0 amide bonds. The van der Waals surface area contributed by atoms with Crippen LogP contribution in [0.1, 0.15) is 30.5 Å². The van der Waals surface area contributed by atoms with E-state index in [2.05, 4.69) is 22.2 Å². The van der Waals surface area contributed by atoms with Crippen molar-refractivity contribution < 1.29 is 9.13 Å². The normalized spacial score (nSPS) is 12.2. The Morgan fingerprint density at radius 3 is 2.55 bits per heavy atom. The van der Waals surface area contributed by atoms with Crippen LogP contribution in [0.5, 0.6) is 5.75 Å². The molecule has 106 valence electrons. The molecule has 1 N–H and O–H groups in total. The van der Waals surface area contributed by atoms with Crippen LogP contribution in [0, 0.1) is 5.82 Å². The van der Waals surface area contributed by atoms with Gasteiger partial charge in [0, 0.05) is 23.5 Å². The summed E-state index contributed by atoms with van der Waals surface area (Å²) in [6.45, 7) is 2.84. The van der Waals surface area contributed by atoms with E-state index in [1.807, 2.05) is 6.07 Å². The number of halogens is 1. The molecule has 2 aromatic rings. The minimum Gasteiger partial charge on any atom is -0.495 e. The second kappa shape index (κ2) is 6.96. The molecule has 0 radical (unpaired) electrons. The van der Waals surface area contributed by atoms with Gasteiger partial charge in [-0.1, -0.05) is 6.92 Å². The van der Waals surface area contributed by atoms with Gasteiger partial charge in [-0.2, -0.15) is 0 Å². The van der Waals surface area contributed by atoms with Gasteiger partial charge in [0.25, 0.3) is 0 Å². The first-order valence-electron chi connectivity index (χ1n) is 6.58. The molecule has 0 aliphatic carbocycles. The van der Waals surface area contributed by atoms with E-state index in [9.17, 15) is 4.39 Å². The lowest BCUT2D eigenvalue weighted by Crippen LogP contribution is -2.24. The summed E-state index contributed by atoms with van der Waals surface area (Å²) >= 11 is 0. The number of hydrogen-bond donors (Lipinski definition) is 1. The van der Waals surface area contributed by atoms with Gasteiger partial charge in [0.05, 0.1) is 25.5 Å². The molecule has 2 rings (SSSR count). The first kappa shape index (κ1) is 14.4. The second-order valence-corrected chi connectivity index (χ2v) is 4.40. The Labute approximate surface area is 118 Å². The van der Waals surface area contributed by atoms with Crippen molar-refractivity contribution in [1.29, 1.82) is 0 Å². The van der Waals surface area contributed by atoms with Crippen molar-refractivity contribution in [2.45, 2.75) is 19.4 Å². The highest BCUT2D eigenvalue weighted by molar-refractivity contribution is 5.39. The van der Waals surface area contributed by atoms with Gasteiger partial charge in [0.1, 0.15) is 11.6 Å². The van der Waals surface area contributed by atoms with Crippen LogP contribution < -0.4 is 10.1 Å². The number of ether oxygens (including phenoxy) is 1. The lowest BCUT2D eigenvalue weighted by Gasteiger charge is -2.21. The summed E-state index contributed by atoms with van der Waals surface area (Å²) < 4.78 is 19.4. The molecule has 4 nitrogen and oxygen atoms in total. The van der Waals surface area contributed by atoms with E-state index in [-0.39, 0.29) is 11.9 Å². The highest BCUT2D eigenvalue weighted by Crippen LogP contribution is 2.30. The fourth-order valence-electron chi connectivity index (χ4n) is 2.10. The Balaban J connectivity index is 2.44. The summed E-state index contributed by atoms with van der Waals surface area (Å²) in [6.07, 6.45) is 7.08. The van der Waals surface area contributed by atoms with Gasteiger partial charge in [0.2, 0.25) is 0 Å². The molecule has 0 aromatic carbocycles. The fourth-order valence-corrected chi connectivity index (χ4v) is 2.10. The minimum atomic E-state index is -0.333. The van der Waals surface area contributed by atoms with E-state index in [1.165, 1.54) is 6.20 Å². The zero-order chi connectivity index (χ0) is 14.4. The van der Waals surface area contributed by atoms with Crippen molar-refractivity contribution in [2.24, 2.45) is 0 Å². The molecule has 0 saturated heterocycles. The minimum absolute atomic E-state index is 0.282. The predicted octanol–water partition coefficient (Wildman–Crippen LogP) is 2.71. The molecule has 0 aliphatic heterocycles. The molecular weight excluding hydrogens is 257 g/mol. The highest BCUT2D eigenvalue weighted by Gasteiger charge is 2.20. The van der Waals surface area contributed by atoms with Gasteiger partial charge in [0.15, 0.2) is 0 Å². The van der Waals surface area contributed by atoms with E-state index < -0.39 is 0 Å². The molecule has 2 heterocycles. The van der Waals surface area contributed by atoms with Gasteiger partial charge >= 0.3 is 0 Å². The van der Waals surface area contributed by atoms with Crippen molar-refractivity contribution in [3.63, 3.8) is 0 Å². The number of aromatic nitrogens is 2. The van der Waals surface area contributed by atoms with Crippen LogP contribution in [0.2, 0.25) is 0 Å². The fraction of sp³-hybridized carbons (Fsp3) is 0.333. The van der Waals surface area contributed by atoms with Gasteiger partial charge in [-0.3, -0.25) is 9.97 Å². The van der Waals surface area contributed by atoms with Gasteiger partial charge < -0.3 is 10.1 Å². The van der Waals surface area contributed by atoms with Gasteiger partial charge in [-0.25, -0.2) is 4.39 Å². The van der Waals surface area contributed by atoms with Crippen LogP contribution >= 0.6 is 0 Å². The molecule has 5 heteroatoms. The first-order chi connectivity index (χ1) is 9.77. The average molecular weight is 275 g/mol. The van der Waals surface area contributed by atoms with Crippen LogP contribution in [0.4, 0.5) is 4.39 Å². The molecule has 0 spiro atoms. The molecule has 0 aliphatic rings. The predicted molar refractivity (Wildman–Crippen MR) is 75.1 cm³/mol. The Morgan fingerprint density at radius 1 is 1.20 bits per heavy atom. The third kappa shape index (κ3) is 3.11. The molecule has 2 aromatic heterocycles. The highest BCUT2D eigenvalue weighted by atomic mass is 19.1. The van der Waals surface area contributed by atoms with E-state index in [4.69, 9.17) is 4.74 Å². The molecule has 20 heavy (non-hydrogen) atoms. The zero-order valence-electron chi connectivity index (χ0n) is 11.6. The van der Waals surface area contributed by atoms with Crippen LogP contribution in [-0.2, 0) is 0 Å². The Bertz CT molecular complexity index is 562. The number of rotatable bonds is 6. The van der Waals surface area contributed by atoms with Crippen LogP contribution in [-0.4, -0.2) is 23.6 Å². The number of methoxy groups -OCH3 is 1. The first-order valence-corrected chi connectivity index (χ1v) is 6.58. The zero-order valence-corrected chi connectivity index (χ0v) is 11.6. The van der Waals surface area contributed by atoms with E-state index in [0.29, 0.717) is 11.3 Å². The number of hydrogen-bond acceptors (Lipinski definition) is 4. The summed E-state index contributed by atoms with van der Waals surface area (Å²) in [5, 5.41) is 3.34. The summed E-state index contributed by atoms with van der Waals surface area (Å²) in [5.41, 5.74) is 1.42. The molecule has 1 unspecified atom stereocenters. The Morgan fingerprint density at radius 2 is 1.90 bits per heavy atom.